The molecule has 3 fully saturated rings. The predicted molar refractivity (Wildman–Crippen MR) is 170 cm³/mol. The third-order valence-corrected chi connectivity index (χ3v) is 12.9. The molecular weight excluding hydrogens is 504 g/mol. The molecule has 0 saturated heterocycles. The van der Waals surface area contributed by atoms with Gasteiger partial charge in [0.2, 0.25) is 0 Å². The molecule has 41 heavy (non-hydrogen) atoms. The Hall–Kier alpha value is -1.62. The van der Waals surface area contributed by atoms with Crippen molar-refractivity contribution in [2.75, 3.05) is 6.54 Å². The van der Waals surface area contributed by atoms with Gasteiger partial charge < -0.3 is 20.5 Å². The van der Waals surface area contributed by atoms with Gasteiger partial charge in [-0.1, -0.05) is 83.7 Å². The molecule has 4 N–H and O–H groups in total. The maximum atomic E-state index is 12.6. The fourth-order valence-electron chi connectivity index (χ4n) is 10.5. The van der Waals surface area contributed by atoms with Crippen molar-refractivity contribution in [3.05, 3.63) is 47.7 Å². The number of benzene rings is 1. The quantitative estimate of drug-likeness (QED) is 0.237. The molecule has 2 aromatic rings. The van der Waals surface area contributed by atoms with Crippen LogP contribution in [0, 0.1) is 40.4 Å². The zero-order valence-corrected chi connectivity index (χ0v) is 26.4. The number of para-hydroxylation sites is 1. The Kier molecular flexibility index (Phi) is 8.00. The Morgan fingerprint density at radius 3 is 2.61 bits per heavy atom. The first-order valence-electron chi connectivity index (χ1n) is 17.0. The van der Waals surface area contributed by atoms with Gasteiger partial charge in [-0.2, -0.15) is 0 Å². The van der Waals surface area contributed by atoms with E-state index < -0.39 is 11.7 Å². The highest BCUT2D eigenvalue weighted by atomic mass is 16.3. The molecule has 4 heteroatoms. The summed E-state index contributed by atoms with van der Waals surface area (Å²) in [5.74, 6) is 3.44. The van der Waals surface area contributed by atoms with Crippen molar-refractivity contribution < 1.29 is 10.2 Å². The lowest BCUT2D eigenvalue weighted by molar-refractivity contribution is -0.181. The molecule has 0 bridgehead atoms. The number of rotatable bonds is 9. The van der Waals surface area contributed by atoms with Gasteiger partial charge in [-0.25, -0.2) is 0 Å². The Morgan fingerprint density at radius 1 is 1.00 bits per heavy atom. The van der Waals surface area contributed by atoms with Gasteiger partial charge >= 0.3 is 0 Å². The van der Waals surface area contributed by atoms with Crippen LogP contribution in [-0.4, -0.2) is 39.5 Å². The van der Waals surface area contributed by atoms with Crippen LogP contribution in [0.2, 0.25) is 0 Å². The second kappa shape index (κ2) is 11.1. The number of allylic oxidation sites excluding steroid dienone is 1. The van der Waals surface area contributed by atoms with Crippen molar-refractivity contribution in [2.45, 2.75) is 123 Å². The fraction of sp³-hybridized carbons (Fsp3) is 0.730. The van der Waals surface area contributed by atoms with Gasteiger partial charge in [-0.15, -0.1) is 0 Å². The number of aliphatic hydroxyl groups excluding tert-OH is 1. The minimum absolute atomic E-state index is 0.122. The van der Waals surface area contributed by atoms with Gasteiger partial charge in [0, 0.05) is 28.9 Å². The third kappa shape index (κ3) is 4.94. The SMILES string of the molecule is CC(C)CCC[C@@H](C)[C@H]1CC[C@H]2C3=CC(NCCc4c[nH]c5ccccc45)C4(O)CC(O)CC[C@]4(C)[C@H]3CC[C@]12C. The Morgan fingerprint density at radius 2 is 1.80 bits per heavy atom. The minimum atomic E-state index is -0.922. The van der Waals surface area contributed by atoms with Gasteiger partial charge in [0.05, 0.1) is 17.7 Å². The average Bonchev–Trinajstić information content (AvgIpc) is 3.50. The summed E-state index contributed by atoms with van der Waals surface area (Å²) in [5.41, 5.74) is 3.41. The first kappa shape index (κ1) is 29.5. The zero-order chi connectivity index (χ0) is 29.0. The molecule has 1 heterocycles. The third-order valence-electron chi connectivity index (χ3n) is 12.9. The summed E-state index contributed by atoms with van der Waals surface area (Å²) in [6.45, 7) is 13.0. The second-order valence-electron chi connectivity index (χ2n) is 15.6. The molecule has 4 aliphatic rings. The van der Waals surface area contributed by atoms with E-state index in [9.17, 15) is 10.2 Å². The van der Waals surface area contributed by atoms with Gasteiger partial charge in [-0.3, -0.25) is 0 Å². The standard InChI is InChI=1S/C37H56N2O2/c1-24(2)9-8-10-25(3)30-13-14-31-29-21-34(38-20-17-26-23-39-33-12-7-6-11-28(26)33)37(41)22-27(40)15-19-36(37,5)32(29)16-18-35(30,31)4/h6-7,11-12,21,23-25,27,30-32,34,38-41H,8-10,13-20,22H2,1-5H3/t25-,27?,30-,31+,32+,34?,35-,36-,37?/m1/s1. The molecule has 3 saturated carbocycles. The normalized spacial score (nSPS) is 39.3. The highest BCUT2D eigenvalue weighted by Gasteiger charge is 2.64. The van der Waals surface area contributed by atoms with Crippen molar-refractivity contribution in [3.63, 3.8) is 0 Å². The molecule has 4 nitrogen and oxygen atoms in total. The second-order valence-corrected chi connectivity index (χ2v) is 15.6. The Labute approximate surface area is 248 Å². The van der Waals surface area contributed by atoms with E-state index in [-0.39, 0.29) is 11.5 Å². The van der Waals surface area contributed by atoms with E-state index >= 15 is 0 Å². The summed E-state index contributed by atoms with van der Waals surface area (Å²) < 4.78 is 0. The summed E-state index contributed by atoms with van der Waals surface area (Å²) in [7, 11) is 0. The largest absolute Gasteiger partial charge is 0.393 e. The molecular formula is C37H56N2O2. The number of nitrogens with one attached hydrogen (secondary N) is 2. The number of aliphatic hydroxyl groups is 2. The lowest BCUT2D eigenvalue weighted by atomic mass is 9.45. The maximum Gasteiger partial charge on any atom is 0.0919 e. The summed E-state index contributed by atoms with van der Waals surface area (Å²) in [5, 5.41) is 28.5. The number of hydrogen-bond acceptors (Lipinski definition) is 3. The van der Waals surface area contributed by atoms with Crippen molar-refractivity contribution in [2.24, 2.45) is 40.4 Å². The average molecular weight is 561 g/mol. The van der Waals surface area contributed by atoms with Crippen molar-refractivity contribution in [1.82, 2.24) is 10.3 Å². The van der Waals surface area contributed by atoms with Crippen LogP contribution < -0.4 is 5.32 Å². The fourth-order valence-corrected chi connectivity index (χ4v) is 10.5. The van der Waals surface area contributed by atoms with Gasteiger partial charge in [-0.05, 0) is 98.1 Å². The molecule has 0 spiro atoms. The smallest absolute Gasteiger partial charge is 0.0919 e. The van der Waals surface area contributed by atoms with Gasteiger partial charge in [0.25, 0.3) is 0 Å². The van der Waals surface area contributed by atoms with Crippen molar-refractivity contribution in [1.29, 1.82) is 0 Å². The molecule has 1 aromatic carbocycles. The van der Waals surface area contributed by atoms with Crippen molar-refractivity contribution in [3.8, 4) is 0 Å². The molecule has 226 valence electrons. The zero-order valence-electron chi connectivity index (χ0n) is 26.4. The topological polar surface area (TPSA) is 68.3 Å². The van der Waals surface area contributed by atoms with Crippen LogP contribution in [-0.2, 0) is 6.42 Å². The number of H-pyrrole nitrogens is 1. The monoisotopic (exact) mass is 560 g/mol. The number of fused-ring (bicyclic) bond motifs is 6. The van der Waals surface area contributed by atoms with Crippen LogP contribution in [0.25, 0.3) is 10.9 Å². The number of hydrogen-bond donors (Lipinski definition) is 4. The number of aromatic amines is 1. The van der Waals surface area contributed by atoms with Crippen LogP contribution in [0.4, 0.5) is 0 Å². The molecule has 0 radical (unpaired) electrons. The van der Waals surface area contributed by atoms with Crippen LogP contribution >= 0.6 is 0 Å². The molecule has 9 atom stereocenters. The maximum absolute atomic E-state index is 12.6. The van der Waals surface area contributed by atoms with Crippen molar-refractivity contribution >= 4 is 10.9 Å². The van der Waals surface area contributed by atoms with E-state index in [4.69, 9.17) is 0 Å². The van der Waals surface area contributed by atoms with E-state index in [1.54, 1.807) is 5.57 Å². The number of aromatic nitrogens is 1. The van der Waals surface area contributed by atoms with E-state index in [0.29, 0.717) is 23.7 Å². The summed E-state index contributed by atoms with van der Waals surface area (Å²) >= 11 is 0. The van der Waals surface area contributed by atoms with Crippen LogP contribution in [0.1, 0.15) is 104 Å². The van der Waals surface area contributed by atoms with Gasteiger partial charge in [0.15, 0.2) is 0 Å². The Balaban J connectivity index is 1.26. The summed E-state index contributed by atoms with van der Waals surface area (Å²) in [6.07, 6.45) is 16.5. The summed E-state index contributed by atoms with van der Waals surface area (Å²) in [4.78, 5) is 3.42. The molecule has 1 aromatic heterocycles. The van der Waals surface area contributed by atoms with Crippen LogP contribution in [0.5, 0.6) is 0 Å². The lowest BCUT2D eigenvalue weighted by Gasteiger charge is -2.63. The first-order valence-corrected chi connectivity index (χ1v) is 17.0. The van der Waals surface area contributed by atoms with Gasteiger partial charge in [0.1, 0.15) is 0 Å². The van der Waals surface area contributed by atoms with E-state index in [0.717, 1.165) is 43.6 Å². The minimum Gasteiger partial charge on any atom is -0.393 e. The molecule has 6 rings (SSSR count). The first-order chi connectivity index (χ1) is 19.6. The van der Waals surface area contributed by atoms with E-state index in [1.807, 2.05) is 0 Å². The highest BCUT2D eigenvalue weighted by molar-refractivity contribution is 5.83. The highest BCUT2D eigenvalue weighted by Crippen LogP contribution is 2.67. The molecule has 0 aliphatic heterocycles. The van der Waals surface area contributed by atoms with Crippen LogP contribution in [0.3, 0.4) is 0 Å². The Bertz CT molecular complexity index is 1250. The summed E-state index contributed by atoms with van der Waals surface area (Å²) in [6, 6.07) is 8.39. The van der Waals surface area contributed by atoms with E-state index in [1.165, 1.54) is 61.4 Å². The molecule has 3 unspecified atom stereocenters. The van der Waals surface area contributed by atoms with E-state index in [2.05, 4.69) is 81.5 Å². The molecule has 4 aliphatic carbocycles. The molecule has 0 amide bonds. The lowest BCUT2D eigenvalue weighted by Crippen LogP contribution is -2.68. The van der Waals surface area contributed by atoms with Crippen LogP contribution in [0.15, 0.2) is 42.1 Å². The predicted octanol–water partition coefficient (Wildman–Crippen LogP) is 7.80.